The van der Waals surface area contributed by atoms with Crippen molar-refractivity contribution in [3.8, 4) is 0 Å². The number of fused-ring (bicyclic) bond motifs is 1. The minimum absolute atomic E-state index is 0.0507. The van der Waals surface area contributed by atoms with Gasteiger partial charge >= 0.3 is 6.03 Å². The summed E-state index contributed by atoms with van der Waals surface area (Å²) in [6.45, 7) is 14.4. The normalized spacial score (nSPS) is 19.5. The van der Waals surface area contributed by atoms with Crippen molar-refractivity contribution in [1.29, 1.82) is 0 Å². The van der Waals surface area contributed by atoms with Gasteiger partial charge in [-0.3, -0.25) is 0 Å². The maximum absolute atomic E-state index is 13.2. The van der Waals surface area contributed by atoms with Crippen LogP contribution in [0, 0.1) is 11.8 Å². The van der Waals surface area contributed by atoms with E-state index in [-0.39, 0.29) is 6.03 Å². The van der Waals surface area contributed by atoms with Crippen molar-refractivity contribution >= 4 is 23.5 Å². The maximum Gasteiger partial charge on any atom is 0.322 e. The van der Waals surface area contributed by atoms with Crippen LogP contribution >= 0.6 is 0 Å². The predicted molar refractivity (Wildman–Crippen MR) is 147 cm³/mol. The fraction of sp³-hybridized carbons (Fsp3) is 0.621. The van der Waals surface area contributed by atoms with Gasteiger partial charge in [-0.2, -0.15) is 4.98 Å². The second kappa shape index (κ2) is 10.7. The molecule has 0 saturated carbocycles. The molecule has 2 fully saturated rings. The summed E-state index contributed by atoms with van der Waals surface area (Å²) < 4.78 is 0. The van der Waals surface area contributed by atoms with E-state index < -0.39 is 0 Å². The summed E-state index contributed by atoms with van der Waals surface area (Å²) in [7, 11) is 0. The molecule has 3 aliphatic rings. The molecule has 1 N–H and O–H groups in total. The SMILES string of the molecule is CC1CCN(c2nc3c(c(N4CCC(C)CC4)n2)CN(C(=O)Nc2ccc(C(C)C)cc2)CC3)CC1. The van der Waals surface area contributed by atoms with Gasteiger partial charge in [0.1, 0.15) is 5.82 Å². The number of nitrogens with zero attached hydrogens (tertiary/aromatic N) is 5. The topological polar surface area (TPSA) is 64.6 Å². The van der Waals surface area contributed by atoms with Crippen LogP contribution in [0.5, 0.6) is 0 Å². The van der Waals surface area contributed by atoms with Crippen molar-refractivity contribution in [2.24, 2.45) is 11.8 Å². The molecule has 0 unspecified atom stereocenters. The van der Waals surface area contributed by atoms with E-state index in [1.807, 2.05) is 17.0 Å². The zero-order chi connectivity index (χ0) is 25.2. The van der Waals surface area contributed by atoms with Gasteiger partial charge in [0.15, 0.2) is 0 Å². The number of piperidine rings is 2. The summed E-state index contributed by atoms with van der Waals surface area (Å²) >= 11 is 0. The molecule has 2 aromatic rings. The molecule has 0 radical (unpaired) electrons. The van der Waals surface area contributed by atoms with Gasteiger partial charge in [0.25, 0.3) is 0 Å². The highest BCUT2D eigenvalue weighted by atomic mass is 16.2. The zero-order valence-electron chi connectivity index (χ0n) is 22.5. The lowest BCUT2D eigenvalue weighted by Crippen LogP contribution is -2.42. The zero-order valence-corrected chi connectivity index (χ0v) is 22.5. The van der Waals surface area contributed by atoms with E-state index in [9.17, 15) is 4.79 Å². The Kier molecular flexibility index (Phi) is 7.35. The highest BCUT2D eigenvalue weighted by Gasteiger charge is 2.30. The van der Waals surface area contributed by atoms with Gasteiger partial charge in [-0.05, 0) is 61.1 Å². The Balaban J connectivity index is 1.37. The number of carbonyl (C=O) groups excluding carboxylic acids is 1. The maximum atomic E-state index is 13.2. The van der Waals surface area contributed by atoms with Crippen molar-refractivity contribution in [3.63, 3.8) is 0 Å². The molecule has 7 nitrogen and oxygen atoms in total. The first-order valence-electron chi connectivity index (χ1n) is 13.9. The molecule has 3 aliphatic heterocycles. The van der Waals surface area contributed by atoms with Crippen LogP contribution in [0.3, 0.4) is 0 Å². The van der Waals surface area contributed by atoms with Gasteiger partial charge in [0.05, 0.1) is 12.2 Å². The Morgan fingerprint density at radius 3 is 2.11 bits per heavy atom. The first-order chi connectivity index (χ1) is 17.4. The van der Waals surface area contributed by atoms with Crippen LogP contribution in [0.25, 0.3) is 0 Å². The van der Waals surface area contributed by atoms with E-state index in [1.54, 1.807) is 0 Å². The van der Waals surface area contributed by atoms with E-state index in [0.29, 0.717) is 19.0 Å². The van der Waals surface area contributed by atoms with Crippen molar-refractivity contribution in [1.82, 2.24) is 14.9 Å². The number of aromatic nitrogens is 2. The van der Waals surface area contributed by atoms with E-state index in [1.165, 1.54) is 31.2 Å². The minimum Gasteiger partial charge on any atom is -0.356 e. The lowest BCUT2D eigenvalue weighted by molar-refractivity contribution is 0.206. The second-order valence-electron chi connectivity index (χ2n) is 11.5. The van der Waals surface area contributed by atoms with Gasteiger partial charge in [0.2, 0.25) is 5.95 Å². The third-order valence-corrected chi connectivity index (χ3v) is 8.29. The lowest BCUT2D eigenvalue weighted by Gasteiger charge is -2.37. The Labute approximate surface area is 216 Å². The van der Waals surface area contributed by atoms with Crippen LogP contribution < -0.4 is 15.1 Å². The molecule has 1 aromatic heterocycles. The van der Waals surface area contributed by atoms with Gasteiger partial charge in [0, 0.05) is 50.4 Å². The molecule has 0 atom stereocenters. The minimum atomic E-state index is -0.0507. The molecular formula is C29H42N6O. The summed E-state index contributed by atoms with van der Waals surface area (Å²) in [6, 6.07) is 8.14. The number of anilines is 3. The first kappa shape index (κ1) is 24.8. The number of amides is 2. The van der Waals surface area contributed by atoms with Gasteiger partial charge < -0.3 is 20.0 Å². The first-order valence-corrected chi connectivity index (χ1v) is 13.9. The molecule has 2 amide bonds. The second-order valence-corrected chi connectivity index (χ2v) is 11.5. The van der Waals surface area contributed by atoms with Crippen molar-refractivity contribution in [3.05, 3.63) is 41.1 Å². The summed E-state index contributed by atoms with van der Waals surface area (Å²) in [5.74, 6) is 3.95. The lowest BCUT2D eigenvalue weighted by atomic mass is 9.98. The number of nitrogens with one attached hydrogen (secondary N) is 1. The van der Waals surface area contributed by atoms with Crippen LogP contribution in [-0.2, 0) is 13.0 Å². The van der Waals surface area contributed by atoms with E-state index >= 15 is 0 Å². The standard InChI is InChI=1S/C29H42N6O/c1-20(2)23-5-7-24(8-6-23)30-29(36)35-18-13-26-25(19-35)27(33-14-9-21(3)10-15-33)32-28(31-26)34-16-11-22(4)12-17-34/h5-8,20-22H,9-19H2,1-4H3,(H,30,36). The van der Waals surface area contributed by atoms with Crippen LogP contribution in [0.1, 0.15) is 76.1 Å². The van der Waals surface area contributed by atoms with Crippen molar-refractivity contribution < 1.29 is 4.79 Å². The van der Waals surface area contributed by atoms with Crippen LogP contribution in [0.2, 0.25) is 0 Å². The van der Waals surface area contributed by atoms with Gasteiger partial charge in [-0.1, -0.05) is 39.8 Å². The molecule has 7 heteroatoms. The van der Waals surface area contributed by atoms with E-state index in [4.69, 9.17) is 9.97 Å². The molecule has 0 aliphatic carbocycles. The molecule has 1 aromatic carbocycles. The molecule has 0 bridgehead atoms. The van der Waals surface area contributed by atoms with Gasteiger partial charge in [-0.25, -0.2) is 9.78 Å². The molecule has 36 heavy (non-hydrogen) atoms. The van der Waals surface area contributed by atoms with Crippen molar-refractivity contribution in [2.45, 2.75) is 72.3 Å². The number of rotatable bonds is 4. The number of hydrogen-bond donors (Lipinski definition) is 1. The van der Waals surface area contributed by atoms with Crippen LogP contribution in [0.4, 0.5) is 22.2 Å². The fourth-order valence-electron chi connectivity index (χ4n) is 5.54. The Morgan fingerprint density at radius 2 is 1.50 bits per heavy atom. The third kappa shape index (κ3) is 5.45. The largest absolute Gasteiger partial charge is 0.356 e. The number of hydrogen-bond acceptors (Lipinski definition) is 5. The summed E-state index contributed by atoms with van der Waals surface area (Å²) in [4.78, 5) is 30.2. The number of carbonyl (C=O) groups is 1. The Morgan fingerprint density at radius 1 is 0.889 bits per heavy atom. The Hall–Kier alpha value is -2.83. The van der Waals surface area contributed by atoms with Crippen molar-refractivity contribution in [2.75, 3.05) is 47.8 Å². The third-order valence-electron chi connectivity index (χ3n) is 8.29. The molecule has 5 rings (SSSR count). The monoisotopic (exact) mass is 490 g/mol. The smallest absolute Gasteiger partial charge is 0.322 e. The summed E-state index contributed by atoms with van der Waals surface area (Å²) in [5, 5.41) is 3.10. The number of benzene rings is 1. The molecular weight excluding hydrogens is 448 g/mol. The fourth-order valence-corrected chi connectivity index (χ4v) is 5.54. The summed E-state index contributed by atoms with van der Waals surface area (Å²) in [6.07, 6.45) is 5.54. The van der Waals surface area contributed by atoms with Gasteiger partial charge in [-0.15, -0.1) is 0 Å². The molecule has 4 heterocycles. The predicted octanol–water partition coefficient (Wildman–Crippen LogP) is 5.66. The highest BCUT2D eigenvalue weighted by Crippen LogP contribution is 2.33. The quantitative estimate of drug-likeness (QED) is 0.599. The average Bonchev–Trinajstić information content (AvgIpc) is 2.89. The highest BCUT2D eigenvalue weighted by molar-refractivity contribution is 5.89. The summed E-state index contributed by atoms with van der Waals surface area (Å²) in [5.41, 5.74) is 4.37. The van der Waals surface area contributed by atoms with Crippen LogP contribution in [-0.4, -0.2) is 53.6 Å². The molecule has 2 saturated heterocycles. The molecule has 0 spiro atoms. The Bertz CT molecular complexity index is 1050. The average molecular weight is 491 g/mol. The number of urea groups is 1. The van der Waals surface area contributed by atoms with Crippen LogP contribution in [0.15, 0.2) is 24.3 Å². The van der Waals surface area contributed by atoms with E-state index in [2.05, 4.69) is 54.9 Å². The van der Waals surface area contributed by atoms with E-state index in [0.717, 1.165) is 73.1 Å². The molecule has 194 valence electrons.